The number of aliphatic imine (C=N–C) groups is 1. The molecule has 1 atom stereocenters. The summed E-state index contributed by atoms with van der Waals surface area (Å²) in [5.74, 6) is 1.44. The minimum Gasteiger partial charge on any atom is -0.388 e. The summed E-state index contributed by atoms with van der Waals surface area (Å²) in [5, 5.41) is 16.7. The van der Waals surface area contributed by atoms with Crippen LogP contribution in [-0.4, -0.2) is 57.1 Å². The van der Waals surface area contributed by atoms with E-state index < -0.39 is 6.10 Å². The molecule has 1 aromatic rings. The molecule has 0 spiro atoms. The van der Waals surface area contributed by atoms with Gasteiger partial charge in [0.25, 0.3) is 0 Å². The number of guanidine groups is 1. The molecule has 6 nitrogen and oxygen atoms in total. The molecule has 0 saturated carbocycles. The van der Waals surface area contributed by atoms with E-state index in [1.807, 2.05) is 37.3 Å². The number of nitrogens with one attached hydrogen (secondary N) is 2. The van der Waals surface area contributed by atoms with E-state index >= 15 is 0 Å². The summed E-state index contributed by atoms with van der Waals surface area (Å²) < 4.78 is 11.1. The topological polar surface area (TPSA) is 75.1 Å². The van der Waals surface area contributed by atoms with E-state index in [4.69, 9.17) is 9.47 Å². The molecule has 0 radical (unpaired) electrons. The van der Waals surface area contributed by atoms with Crippen molar-refractivity contribution in [3.8, 4) is 0 Å². The highest BCUT2D eigenvalue weighted by Crippen LogP contribution is 2.15. The smallest absolute Gasteiger partial charge is 0.191 e. The zero-order valence-corrected chi connectivity index (χ0v) is 16.5. The quantitative estimate of drug-likeness (QED) is 0.314. The molecular weight excluding hydrogens is 342 g/mol. The Hall–Kier alpha value is -1.63. The van der Waals surface area contributed by atoms with Gasteiger partial charge in [-0.3, -0.25) is 4.99 Å². The maximum absolute atomic E-state index is 10.2. The number of hydrogen-bond donors (Lipinski definition) is 3. The van der Waals surface area contributed by atoms with Crippen LogP contribution in [0.3, 0.4) is 0 Å². The number of ether oxygens (including phenoxy) is 2. The fourth-order valence-electron chi connectivity index (χ4n) is 3.03. The van der Waals surface area contributed by atoms with Crippen LogP contribution >= 0.6 is 0 Å². The zero-order chi connectivity index (χ0) is 19.2. The Morgan fingerprint density at radius 3 is 2.78 bits per heavy atom. The zero-order valence-electron chi connectivity index (χ0n) is 16.5. The molecule has 1 saturated heterocycles. The minimum absolute atomic E-state index is 0.458. The lowest BCUT2D eigenvalue weighted by atomic mass is 10.0. The Bertz CT molecular complexity index is 519. The molecule has 1 aliphatic rings. The van der Waals surface area contributed by atoms with Gasteiger partial charge in [0, 0.05) is 46.1 Å². The Morgan fingerprint density at radius 1 is 1.26 bits per heavy atom. The Balaban J connectivity index is 1.58. The molecule has 1 fully saturated rings. The predicted molar refractivity (Wildman–Crippen MR) is 109 cm³/mol. The van der Waals surface area contributed by atoms with E-state index in [2.05, 4.69) is 15.6 Å². The standard InChI is InChI=1S/C21H35N3O3/c1-2-22-21(24-13-9-20(25)19-7-4-3-5-8-19)23-12-6-14-27-17-18-10-15-26-16-11-18/h3-5,7-8,18,20,25H,2,6,9-17H2,1H3,(H2,22,23,24). The van der Waals surface area contributed by atoms with Crippen LogP contribution in [0.25, 0.3) is 0 Å². The first-order valence-corrected chi connectivity index (χ1v) is 10.2. The van der Waals surface area contributed by atoms with E-state index in [1.165, 1.54) is 0 Å². The maximum atomic E-state index is 10.2. The molecular formula is C21H35N3O3. The van der Waals surface area contributed by atoms with Crippen molar-refractivity contribution in [1.29, 1.82) is 0 Å². The molecule has 1 aromatic carbocycles. The van der Waals surface area contributed by atoms with Crippen LogP contribution < -0.4 is 10.6 Å². The summed E-state index contributed by atoms with van der Waals surface area (Å²) in [4.78, 5) is 4.58. The van der Waals surface area contributed by atoms with Crippen molar-refractivity contribution in [1.82, 2.24) is 10.6 Å². The van der Waals surface area contributed by atoms with Crippen molar-refractivity contribution in [2.24, 2.45) is 10.9 Å². The minimum atomic E-state index is -0.458. The second kappa shape index (κ2) is 13.5. The summed E-state index contributed by atoms with van der Waals surface area (Å²) in [6.07, 6.45) is 3.32. The summed E-state index contributed by atoms with van der Waals surface area (Å²) in [7, 11) is 0. The van der Waals surface area contributed by atoms with E-state index in [0.29, 0.717) is 18.9 Å². The summed E-state index contributed by atoms with van der Waals surface area (Å²) in [6.45, 7) is 7.58. The second-order valence-electron chi connectivity index (χ2n) is 6.89. The first-order valence-electron chi connectivity index (χ1n) is 10.2. The van der Waals surface area contributed by atoms with Crippen molar-refractivity contribution in [2.45, 2.75) is 38.7 Å². The average Bonchev–Trinajstić information content (AvgIpc) is 2.71. The van der Waals surface area contributed by atoms with E-state index in [9.17, 15) is 5.11 Å². The molecule has 0 aromatic heterocycles. The molecule has 0 amide bonds. The van der Waals surface area contributed by atoms with Gasteiger partial charge in [-0.2, -0.15) is 0 Å². The lowest BCUT2D eigenvalue weighted by Gasteiger charge is -2.21. The molecule has 1 heterocycles. The van der Waals surface area contributed by atoms with Crippen molar-refractivity contribution in [3.63, 3.8) is 0 Å². The van der Waals surface area contributed by atoms with Crippen LogP contribution in [0.5, 0.6) is 0 Å². The van der Waals surface area contributed by atoms with Gasteiger partial charge in [0.15, 0.2) is 5.96 Å². The van der Waals surface area contributed by atoms with Gasteiger partial charge in [0.1, 0.15) is 0 Å². The van der Waals surface area contributed by atoms with Crippen LogP contribution in [0.2, 0.25) is 0 Å². The number of rotatable bonds is 11. The van der Waals surface area contributed by atoms with Crippen LogP contribution in [0.4, 0.5) is 0 Å². The number of aliphatic hydroxyl groups is 1. The third kappa shape index (κ3) is 9.22. The maximum Gasteiger partial charge on any atom is 0.191 e. The number of nitrogens with zero attached hydrogens (tertiary/aromatic N) is 1. The van der Waals surface area contributed by atoms with Crippen molar-refractivity contribution in [2.75, 3.05) is 46.1 Å². The fourth-order valence-corrected chi connectivity index (χ4v) is 3.03. The van der Waals surface area contributed by atoms with Gasteiger partial charge >= 0.3 is 0 Å². The third-order valence-electron chi connectivity index (χ3n) is 4.65. The van der Waals surface area contributed by atoms with Gasteiger partial charge in [-0.25, -0.2) is 0 Å². The molecule has 2 rings (SSSR count). The van der Waals surface area contributed by atoms with Gasteiger partial charge in [0.05, 0.1) is 6.10 Å². The first-order chi connectivity index (χ1) is 13.3. The monoisotopic (exact) mass is 377 g/mol. The summed E-state index contributed by atoms with van der Waals surface area (Å²) in [5.41, 5.74) is 0.947. The molecule has 0 aliphatic carbocycles. The highest BCUT2D eigenvalue weighted by Gasteiger charge is 2.13. The van der Waals surface area contributed by atoms with Crippen LogP contribution in [0.15, 0.2) is 35.3 Å². The van der Waals surface area contributed by atoms with Gasteiger partial charge in [-0.05, 0) is 44.1 Å². The SMILES string of the molecule is CCNC(=NCCCOCC1CCOCC1)NCCC(O)c1ccccc1. The number of benzene rings is 1. The van der Waals surface area contributed by atoms with Crippen LogP contribution in [0.1, 0.15) is 44.3 Å². The van der Waals surface area contributed by atoms with E-state index in [1.54, 1.807) is 0 Å². The molecule has 152 valence electrons. The van der Waals surface area contributed by atoms with E-state index in [0.717, 1.165) is 70.3 Å². The third-order valence-corrected chi connectivity index (χ3v) is 4.65. The normalized spacial score (nSPS) is 16.9. The highest BCUT2D eigenvalue weighted by atomic mass is 16.5. The lowest BCUT2D eigenvalue weighted by Crippen LogP contribution is -2.38. The Labute approximate surface area is 163 Å². The van der Waals surface area contributed by atoms with Gasteiger partial charge < -0.3 is 25.2 Å². The van der Waals surface area contributed by atoms with Crippen molar-refractivity contribution in [3.05, 3.63) is 35.9 Å². The van der Waals surface area contributed by atoms with Gasteiger partial charge in [-0.15, -0.1) is 0 Å². The molecule has 27 heavy (non-hydrogen) atoms. The average molecular weight is 378 g/mol. The molecule has 1 aliphatic heterocycles. The van der Waals surface area contributed by atoms with Crippen LogP contribution in [-0.2, 0) is 9.47 Å². The van der Waals surface area contributed by atoms with Gasteiger partial charge in [0.2, 0.25) is 0 Å². The number of hydrogen-bond acceptors (Lipinski definition) is 4. The highest BCUT2D eigenvalue weighted by molar-refractivity contribution is 5.79. The molecule has 3 N–H and O–H groups in total. The first kappa shape index (κ1) is 21.7. The lowest BCUT2D eigenvalue weighted by molar-refractivity contribution is 0.0205. The predicted octanol–water partition coefficient (Wildman–Crippen LogP) is 2.50. The largest absolute Gasteiger partial charge is 0.388 e. The van der Waals surface area contributed by atoms with Gasteiger partial charge in [-0.1, -0.05) is 30.3 Å². The molecule has 1 unspecified atom stereocenters. The van der Waals surface area contributed by atoms with Crippen LogP contribution in [0, 0.1) is 5.92 Å². The summed E-state index contributed by atoms with van der Waals surface area (Å²) >= 11 is 0. The number of aliphatic hydroxyl groups excluding tert-OH is 1. The molecule has 0 bridgehead atoms. The molecule has 6 heteroatoms. The Kier molecular flexibility index (Phi) is 10.9. The van der Waals surface area contributed by atoms with E-state index in [-0.39, 0.29) is 0 Å². The fraction of sp³-hybridized carbons (Fsp3) is 0.667. The Morgan fingerprint density at radius 2 is 2.04 bits per heavy atom. The van der Waals surface area contributed by atoms with Crippen molar-refractivity contribution < 1.29 is 14.6 Å². The van der Waals surface area contributed by atoms with Crippen molar-refractivity contribution >= 4 is 5.96 Å². The second-order valence-corrected chi connectivity index (χ2v) is 6.89. The summed E-state index contributed by atoms with van der Waals surface area (Å²) in [6, 6.07) is 9.75.